The highest BCUT2D eigenvalue weighted by Gasteiger charge is 2.09. The molecular formula is C9H12N4O2S. The molecule has 2 aromatic rings. The van der Waals surface area contributed by atoms with E-state index in [-0.39, 0.29) is 0 Å². The van der Waals surface area contributed by atoms with Crippen LogP contribution in [-0.4, -0.2) is 31.5 Å². The molecule has 0 aromatic carbocycles. The standard InChI is InChI=1S/C9H12N4O2S/c1-13-7-6(8(14)12-9(13)15)10-5(11-7)3-4-16-2/h3-4H2,1-2H3,(H,10,11)(H,12,14,15). The van der Waals surface area contributed by atoms with Crippen molar-refractivity contribution in [2.75, 3.05) is 12.0 Å². The van der Waals surface area contributed by atoms with Gasteiger partial charge in [0.2, 0.25) is 0 Å². The van der Waals surface area contributed by atoms with E-state index in [1.165, 1.54) is 4.57 Å². The lowest BCUT2D eigenvalue weighted by Gasteiger charge is -1.94. The molecule has 6 nitrogen and oxygen atoms in total. The first-order valence-electron chi connectivity index (χ1n) is 4.80. The van der Waals surface area contributed by atoms with Gasteiger partial charge in [0.25, 0.3) is 5.56 Å². The molecule has 16 heavy (non-hydrogen) atoms. The van der Waals surface area contributed by atoms with Crippen LogP contribution >= 0.6 is 11.8 Å². The van der Waals surface area contributed by atoms with Crippen molar-refractivity contribution in [2.45, 2.75) is 6.42 Å². The zero-order valence-electron chi connectivity index (χ0n) is 9.03. The van der Waals surface area contributed by atoms with E-state index in [4.69, 9.17) is 0 Å². The van der Waals surface area contributed by atoms with E-state index in [1.54, 1.807) is 18.8 Å². The summed E-state index contributed by atoms with van der Waals surface area (Å²) in [6.07, 6.45) is 2.76. The molecule has 2 N–H and O–H groups in total. The second-order valence-electron chi connectivity index (χ2n) is 3.44. The van der Waals surface area contributed by atoms with E-state index in [0.717, 1.165) is 18.0 Å². The Labute approximate surface area is 95.1 Å². The topological polar surface area (TPSA) is 83.5 Å². The van der Waals surface area contributed by atoms with Gasteiger partial charge in [0.1, 0.15) is 11.3 Å². The predicted octanol–water partition coefficient (Wildman–Crippen LogP) is -0.145. The van der Waals surface area contributed by atoms with Crippen LogP contribution in [0, 0.1) is 0 Å². The molecule has 2 rings (SSSR count). The molecule has 7 heteroatoms. The molecule has 0 saturated heterocycles. The fourth-order valence-corrected chi connectivity index (χ4v) is 1.87. The summed E-state index contributed by atoms with van der Waals surface area (Å²) in [5.41, 5.74) is -0.0931. The Balaban J connectivity index is 2.61. The minimum Gasteiger partial charge on any atom is -0.336 e. The van der Waals surface area contributed by atoms with Gasteiger partial charge in [-0.05, 0) is 6.26 Å². The van der Waals surface area contributed by atoms with Gasteiger partial charge >= 0.3 is 5.69 Å². The number of hydrogen-bond acceptors (Lipinski definition) is 4. The molecule has 2 heterocycles. The van der Waals surface area contributed by atoms with E-state index >= 15 is 0 Å². The van der Waals surface area contributed by atoms with Crippen LogP contribution in [0.15, 0.2) is 9.59 Å². The molecule has 0 aliphatic rings. The Hall–Kier alpha value is -1.50. The second-order valence-corrected chi connectivity index (χ2v) is 4.43. The van der Waals surface area contributed by atoms with E-state index in [9.17, 15) is 9.59 Å². The summed E-state index contributed by atoms with van der Waals surface area (Å²) in [5.74, 6) is 1.65. The quantitative estimate of drug-likeness (QED) is 0.782. The van der Waals surface area contributed by atoms with Crippen LogP contribution in [0.2, 0.25) is 0 Å². The molecule has 86 valence electrons. The van der Waals surface area contributed by atoms with Crippen molar-refractivity contribution in [1.82, 2.24) is 19.5 Å². The normalized spacial score (nSPS) is 11.1. The maximum absolute atomic E-state index is 11.5. The molecule has 0 spiro atoms. The maximum Gasteiger partial charge on any atom is 0.329 e. The largest absolute Gasteiger partial charge is 0.336 e. The number of H-pyrrole nitrogens is 2. The van der Waals surface area contributed by atoms with Gasteiger partial charge in [-0.1, -0.05) is 0 Å². The second kappa shape index (κ2) is 4.17. The molecule has 0 amide bonds. The van der Waals surface area contributed by atoms with Gasteiger partial charge < -0.3 is 4.98 Å². The average Bonchev–Trinajstić information content (AvgIpc) is 2.68. The molecule has 2 aromatic heterocycles. The Morgan fingerprint density at radius 2 is 2.12 bits per heavy atom. The summed E-state index contributed by atoms with van der Waals surface area (Å²) in [6, 6.07) is 0. The molecule has 0 atom stereocenters. The van der Waals surface area contributed by atoms with Crippen LogP contribution in [0.25, 0.3) is 11.2 Å². The number of nitrogens with zero attached hydrogens (tertiary/aromatic N) is 2. The third kappa shape index (κ3) is 1.78. The summed E-state index contributed by atoms with van der Waals surface area (Å²) in [5, 5.41) is 0. The average molecular weight is 240 g/mol. The smallest absolute Gasteiger partial charge is 0.329 e. The van der Waals surface area contributed by atoms with E-state index in [2.05, 4.69) is 15.0 Å². The first-order valence-corrected chi connectivity index (χ1v) is 6.19. The minimum atomic E-state index is -0.444. The molecular weight excluding hydrogens is 228 g/mol. The zero-order chi connectivity index (χ0) is 11.7. The summed E-state index contributed by atoms with van der Waals surface area (Å²) in [7, 11) is 1.58. The number of nitrogens with one attached hydrogen (secondary N) is 2. The molecule has 0 unspecified atom stereocenters. The first-order chi connectivity index (χ1) is 7.63. The van der Waals surface area contributed by atoms with Crippen LogP contribution < -0.4 is 11.2 Å². The summed E-state index contributed by atoms with van der Waals surface area (Å²) >= 11 is 1.70. The minimum absolute atomic E-state index is 0.359. The van der Waals surface area contributed by atoms with Gasteiger partial charge in [-0.25, -0.2) is 9.78 Å². The van der Waals surface area contributed by atoms with Crippen LogP contribution in [-0.2, 0) is 13.5 Å². The van der Waals surface area contributed by atoms with Crippen molar-refractivity contribution in [1.29, 1.82) is 0 Å². The third-order valence-corrected chi connectivity index (χ3v) is 2.96. The SMILES string of the molecule is CSCCc1nc2c([nH]1)c(=O)[nH]c(=O)n2C. The monoisotopic (exact) mass is 240 g/mol. The first kappa shape index (κ1) is 11.0. The van der Waals surface area contributed by atoms with Gasteiger partial charge in [0.05, 0.1) is 0 Å². The zero-order valence-corrected chi connectivity index (χ0v) is 9.85. The molecule has 0 aliphatic carbocycles. The number of aryl methyl sites for hydroxylation is 2. The maximum atomic E-state index is 11.5. The van der Waals surface area contributed by atoms with E-state index < -0.39 is 11.2 Å². The van der Waals surface area contributed by atoms with Crippen molar-refractivity contribution in [3.63, 3.8) is 0 Å². The van der Waals surface area contributed by atoms with Crippen LogP contribution in [0.1, 0.15) is 5.82 Å². The van der Waals surface area contributed by atoms with Crippen molar-refractivity contribution in [3.05, 3.63) is 26.7 Å². The van der Waals surface area contributed by atoms with Gasteiger partial charge in [0, 0.05) is 19.2 Å². The molecule has 0 aliphatic heterocycles. The summed E-state index contributed by atoms with van der Waals surface area (Å²) in [4.78, 5) is 32.2. The highest BCUT2D eigenvalue weighted by Crippen LogP contribution is 2.06. The van der Waals surface area contributed by atoms with Crippen LogP contribution in [0.5, 0.6) is 0 Å². The van der Waals surface area contributed by atoms with Crippen molar-refractivity contribution < 1.29 is 0 Å². The van der Waals surface area contributed by atoms with Gasteiger partial charge in [-0.15, -0.1) is 0 Å². The van der Waals surface area contributed by atoms with Gasteiger partial charge in [0.15, 0.2) is 5.65 Å². The lowest BCUT2D eigenvalue weighted by Crippen LogP contribution is -2.28. The number of fused-ring (bicyclic) bond motifs is 1. The fraction of sp³-hybridized carbons (Fsp3) is 0.444. The number of imidazole rings is 1. The van der Waals surface area contributed by atoms with Crippen LogP contribution in [0.3, 0.4) is 0 Å². The fourth-order valence-electron chi connectivity index (χ4n) is 1.47. The number of hydrogen-bond donors (Lipinski definition) is 2. The van der Waals surface area contributed by atoms with Crippen LogP contribution in [0.4, 0.5) is 0 Å². The third-order valence-electron chi connectivity index (χ3n) is 2.35. The molecule has 0 fully saturated rings. The number of rotatable bonds is 3. The number of aromatic amines is 2. The van der Waals surface area contributed by atoms with E-state index in [1.807, 2.05) is 6.26 Å². The number of aromatic nitrogens is 4. The van der Waals surface area contributed by atoms with Crippen molar-refractivity contribution >= 4 is 22.9 Å². The Morgan fingerprint density at radius 3 is 2.81 bits per heavy atom. The number of thioether (sulfide) groups is 1. The molecule has 0 radical (unpaired) electrons. The lowest BCUT2D eigenvalue weighted by molar-refractivity contribution is 0.830. The van der Waals surface area contributed by atoms with Crippen molar-refractivity contribution in [2.24, 2.45) is 7.05 Å². The Morgan fingerprint density at radius 1 is 1.38 bits per heavy atom. The van der Waals surface area contributed by atoms with Gasteiger partial charge in [-0.2, -0.15) is 11.8 Å². The predicted molar refractivity (Wildman–Crippen MR) is 64.0 cm³/mol. The Kier molecular flexibility index (Phi) is 2.86. The lowest BCUT2D eigenvalue weighted by atomic mass is 10.5. The highest BCUT2D eigenvalue weighted by molar-refractivity contribution is 7.98. The van der Waals surface area contributed by atoms with Gasteiger partial charge in [-0.3, -0.25) is 14.3 Å². The van der Waals surface area contributed by atoms with Crippen molar-refractivity contribution in [3.8, 4) is 0 Å². The summed E-state index contributed by atoms with van der Waals surface area (Å²) in [6.45, 7) is 0. The highest BCUT2D eigenvalue weighted by atomic mass is 32.2. The molecule has 0 saturated carbocycles. The Bertz CT molecular complexity index is 624. The molecule has 0 bridgehead atoms. The summed E-state index contributed by atoms with van der Waals surface area (Å²) < 4.78 is 1.33. The van der Waals surface area contributed by atoms with E-state index in [0.29, 0.717) is 11.2 Å².